The van der Waals surface area contributed by atoms with Crippen molar-refractivity contribution in [3.05, 3.63) is 0 Å². The zero-order valence-electron chi connectivity index (χ0n) is 24.5. The normalized spacial score (nSPS) is 41.5. The van der Waals surface area contributed by atoms with E-state index in [0.29, 0.717) is 12.8 Å². The third kappa shape index (κ3) is 6.93. The molecule has 0 aromatic heterocycles. The van der Waals surface area contributed by atoms with Gasteiger partial charge in [-0.1, -0.05) is 20.8 Å². The van der Waals surface area contributed by atoms with Gasteiger partial charge in [0, 0.05) is 13.0 Å². The van der Waals surface area contributed by atoms with Crippen LogP contribution in [-0.2, 0) is 19.7 Å². The number of nitrogens with one attached hydrogen (secondary N) is 2. The summed E-state index contributed by atoms with van der Waals surface area (Å²) in [4.78, 5) is 24.2. The summed E-state index contributed by atoms with van der Waals surface area (Å²) in [5, 5.41) is 38.2. The monoisotopic (exact) mass is 594 g/mol. The molecule has 11 atom stereocenters. The van der Waals surface area contributed by atoms with Crippen molar-refractivity contribution < 1.29 is 67.4 Å². The molecule has 0 aromatic rings. The van der Waals surface area contributed by atoms with E-state index >= 15 is 0 Å². The van der Waals surface area contributed by atoms with E-state index < -0.39 is 34.0 Å². The summed E-state index contributed by atoms with van der Waals surface area (Å²) in [5.41, 5.74) is -0.306. The number of rotatable bonds is 9. The average Bonchev–Trinajstić information content (AvgIpc) is 3.20. The van der Waals surface area contributed by atoms with E-state index in [4.69, 9.17) is 0 Å². The fraction of sp³-hybridized carbons (Fsp3) is 0.929. The van der Waals surface area contributed by atoms with Crippen LogP contribution in [0.5, 0.6) is 0 Å². The molecule has 40 heavy (non-hydrogen) atoms. The van der Waals surface area contributed by atoms with E-state index in [1.165, 1.54) is 0 Å². The standard InChI is InChI=1S/C28H48N2O8S.Na/c1-16(4-7-24(34)30-15-25(35)29-10-11-39(36,37)38)19-5-6-20-26-21(14-23(33)28(19,20)3)27(2)9-8-18(31)12-17(27)13-22(26)32;/h16-23,26,31-33H,4-15H2,1-3H3,(H,29,35)(H,30,34)(H,36,37,38);/q;+1/p-1/t16-,17+,18-,19-,20+,21-,22-,23+,26+,27+,28-;/m1./s1. The van der Waals surface area contributed by atoms with Crippen LogP contribution in [0.1, 0.15) is 78.6 Å². The Morgan fingerprint density at radius 2 is 1.70 bits per heavy atom. The van der Waals surface area contributed by atoms with Crippen molar-refractivity contribution in [1.29, 1.82) is 0 Å². The van der Waals surface area contributed by atoms with E-state index in [1.807, 2.05) is 0 Å². The molecule has 4 fully saturated rings. The largest absolute Gasteiger partial charge is 1.00 e. The molecule has 0 radical (unpaired) electrons. The van der Waals surface area contributed by atoms with Gasteiger partial charge in [0.05, 0.1) is 40.7 Å². The van der Waals surface area contributed by atoms with Crippen LogP contribution < -0.4 is 40.2 Å². The van der Waals surface area contributed by atoms with Crippen LogP contribution in [0.15, 0.2) is 0 Å². The molecule has 12 heteroatoms. The minimum absolute atomic E-state index is 0. The second kappa shape index (κ2) is 13.2. The van der Waals surface area contributed by atoms with Crippen molar-refractivity contribution in [2.75, 3.05) is 18.8 Å². The SMILES string of the molecule is C[C@H](CCC(=O)NCC(=O)NCCS(=O)(=O)[O-])[C@H]1CC[C@H]2[C@@H]3[C@H](O)C[C@@H]4C[C@H](O)CC[C@]4(C)[C@@H]3C[C@H](O)[C@]12C.[Na+]. The fourth-order valence-corrected chi connectivity index (χ4v) is 9.69. The topological polar surface area (TPSA) is 176 Å². The number of hydrogen-bond donors (Lipinski definition) is 5. The van der Waals surface area contributed by atoms with Crippen LogP contribution in [0.4, 0.5) is 0 Å². The van der Waals surface area contributed by atoms with Crippen molar-refractivity contribution in [3.63, 3.8) is 0 Å². The summed E-state index contributed by atoms with van der Waals surface area (Å²) < 4.78 is 31.9. The molecule has 0 aromatic carbocycles. The maximum atomic E-state index is 12.4. The number of aliphatic hydroxyl groups is 3. The summed E-state index contributed by atoms with van der Waals surface area (Å²) in [5.74, 6) is -0.259. The van der Waals surface area contributed by atoms with E-state index in [-0.39, 0.29) is 107 Å². The molecule has 0 bridgehead atoms. The van der Waals surface area contributed by atoms with Crippen LogP contribution in [0.2, 0.25) is 0 Å². The summed E-state index contributed by atoms with van der Waals surface area (Å²) in [6.45, 7) is 6.05. The molecule has 0 aliphatic heterocycles. The summed E-state index contributed by atoms with van der Waals surface area (Å²) in [6, 6.07) is 0. The Bertz CT molecular complexity index is 1030. The summed E-state index contributed by atoms with van der Waals surface area (Å²) in [7, 11) is -4.41. The molecule has 0 heterocycles. The van der Waals surface area contributed by atoms with Crippen LogP contribution in [0.25, 0.3) is 0 Å². The Morgan fingerprint density at radius 3 is 2.38 bits per heavy atom. The third-order valence-electron chi connectivity index (χ3n) is 11.5. The molecule has 5 N–H and O–H groups in total. The van der Waals surface area contributed by atoms with Gasteiger partial charge >= 0.3 is 29.6 Å². The average molecular weight is 595 g/mol. The Morgan fingerprint density at radius 1 is 1.00 bits per heavy atom. The van der Waals surface area contributed by atoms with E-state index in [9.17, 15) is 37.9 Å². The first-order valence-electron chi connectivity index (χ1n) is 14.7. The molecular weight excluding hydrogens is 547 g/mol. The number of aliphatic hydroxyl groups excluding tert-OH is 3. The first kappa shape index (κ1) is 34.2. The van der Waals surface area contributed by atoms with Crippen molar-refractivity contribution in [2.45, 2.75) is 96.9 Å². The van der Waals surface area contributed by atoms with Gasteiger partial charge in [-0.15, -0.1) is 0 Å². The Hall–Kier alpha value is -0.270. The van der Waals surface area contributed by atoms with Crippen molar-refractivity contribution >= 4 is 21.9 Å². The van der Waals surface area contributed by atoms with Gasteiger partial charge in [0.2, 0.25) is 11.8 Å². The second-order valence-corrected chi connectivity index (χ2v) is 15.0. The smallest absolute Gasteiger partial charge is 0.748 e. The van der Waals surface area contributed by atoms with Gasteiger partial charge in [-0.05, 0) is 97.7 Å². The Labute approximate surface area is 260 Å². The number of carbonyl (C=O) groups excluding carboxylic acids is 2. The van der Waals surface area contributed by atoms with Crippen molar-refractivity contribution in [3.8, 4) is 0 Å². The van der Waals surface area contributed by atoms with E-state index in [2.05, 4.69) is 31.4 Å². The molecule has 0 spiro atoms. The Kier molecular flexibility index (Phi) is 11.3. The fourth-order valence-electron chi connectivity index (χ4n) is 9.34. The van der Waals surface area contributed by atoms with Crippen molar-refractivity contribution in [2.24, 2.45) is 46.3 Å². The van der Waals surface area contributed by atoms with Crippen LogP contribution >= 0.6 is 0 Å². The van der Waals surface area contributed by atoms with Gasteiger partial charge in [0.15, 0.2) is 0 Å². The molecule has 10 nitrogen and oxygen atoms in total. The number of fused-ring (bicyclic) bond motifs is 5. The quantitative estimate of drug-likeness (QED) is 0.153. The summed E-state index contributed by atoms with van der Waals surface area (Å²) in [6.07, 6.45) is 5.39. The number of hydrogen-bond acceptors (Lipinski definition) is 8. The van der Waals surface area contributed by atoms with Crippen LogP contribution in [-0.4, -0.2) is 77.3 Å². The van der Waals surface area contributed by atoms with Crippen LogP contribution in [0.3, 0.4) is 0 Å². The first-order valence-corrected chi connectivity index (χ1v) is 16.3. The van der Waals surface area contributed by atoms with Gasteiger partial charge in [0.25, 0.3) is 0 Å². The van der Waals surface area contributed by atoms with Crippen molar-refractivity contribution in [1.82, 2.24) is 10.6 Å². The molecule has 4 rings (SSSR count). The van der Waals surface area contributed by atoms with Gasteiger partial charge in [-0.3, -0.25) is 9.59 Å². The molecule has 4 aliphatic rings. The third-order valence-corrected chi connectivity index (χ3v) is 12.2. The van der Waals surface area contributed by atoms with Gasteiger partial charge in [0.1, 0.15) is 0 Å². The van der Waals surface area contributed by atoms with E-state index in [1.54, 1.807) is 0 Å². The predicted octanol–water partition coefficient (Wildman–Crippen LogP) is -1.85. The number of amides is 2. The predicted molar refractivity (Wildman–Crippen MR) is 143 cm³/mol. The minimum atomic E-state index is -4.41. The minimum Gasteiger partial charge on any atom is -0.748 e. The zero-order chi connectivity index (χ0) is 28.8. The molecule has 4 saturated carbocycles. The van der Waals surface area contributed by atoms with Gasteiger partial charge in [-0.2, -0.15) is 0 Å². The van der Waals surface area contributed by atoms with Gasteiger partial charge < -0.3 is 30.5 Å². The molecule has 224 valence electrons. The maximum absolute atomic E-state index is 12.4. The maximum Gasteiger partial charge on any atom is 1.00 e. The zero-order valence-corrected chi connectivity index (χ0v) is 27.3. The molecule has 2 amide bonds. The van der Waals surface area contributed by atoms with Gasteiger partial charge in [-0.25, -0.2) is 8.42 Å². The number of carbonyl (C=O) groups is 2. The first-order chi connectivity index (χ1) is 18.2. The second-order valence-electron chi connectivity index (χ2n) is 13.4. The molecular formula is C28H47N2NaO8S. The van der Waals surface area contributed by atoms with E-state index in [0.717, 1.165) is 38.5 Å². The molecule has 0 saturated heterocycles. The molecule has 4 aliphatic carbocycles. The Balaban J connectivity index is 0.00000441. The van der Waals surface area contributed by atoms with Crippen LogP contribution in [0, 0.1) is 46.3 Å². The molecule has 0 unspecified atom stereocenters. The summed E-state index contributed by atoms with van der Waals surface area (Å²) >= 11 is 0.